The summed E-state index contributed by atoms with van der Waals surface area (Å²) in [6.45, 7) is 3.34. The maximum atomic E-state index is 10.8. The van der Waals surface area contributed by atoms with E-state index in [2.05, 4.69) is 19.9 Å². The van der Waals surface area contributed by atoms with Crippen LogP contribution in [-0.4, -0.2) is 33.0 Å². The van der Waals surface area contributed by atoms with Gasteiger partial charge in [0.2, 0.25) is 0 Å². The molecule has 0 spiro atoms. The highest BCUT2D eigenvalue weighted by atomic mass is 16.6. The van der Waals surface area contributed by atoms with Crippen LogP contribution in [0.2, 0.25) is 0 Å². The molecule has 1 fully saturated rings. The molecular formula is C14H15N5O2. The van der Waals surface area contributed by atoms with Crippen LogP contribution in [0.15, 0.2) is 30.7 Å². The molecule has 7 nitrogen and oxygen atoms in total. The highest BCUT2D eigenvalue weighted by Crippen LogP contribution is 2.29. The molecule has 21 heavy (non-hydrogen) atoms. The molecule has 7 heteroatoms. The van der Waals surface area contributed by atoms with Crippen LogP contribution in [0.25, 0.3) is 0 Å². The third-order valence-electron chi connectivity index (χ3n) is 3.75. The van der Waals surface area contributed by atoms with E-state index in [-0.39, 0.29) is 5.69 Å². The van der Waals surface area contributed by atoms with E-state index in [0.29, 0.717) is 11.6 Å². The van der Waals surface area contributed by atoms with Crippen molar-refractivity contribution in [1.82, 2.24) is 15.0 Å². The van der Waals surface area contributed by atoms with Gasteiger partial charge in [-0.2, -0.15) is 0 Å². The molecule has 0 saturated carbocycles. The summed E-state index contributed by atoms with van der Waals surface area (Å²) in [5.74, 6) is 1.11. The predicted octanol–water partition coefficient (Wildman–Crippen LogP) is 2.08. The van der Waals surface area contributed by atoms with Crippen molar-refractivity contribution in [1.29, 1.82) is 0 Å². The number of hydrogen-bond donors (Lipinski definition) is 0. The average Bonchev–Trinajstić information content (AvgIpc) is 2.97. The number of pyridine rings is 1. The molecule has 0 amide bonds. The van der Waals surface area contributed by atoms with Gasteiger partial charge in [-0.15, -0.1) is 0 Å². The van der Waals surface area contributed by atoms with Gasteiger partial charge in [-0.3, -0.25) is 20.1 Å². The molecule has 0 radical (unpaired) electrons. The summed E-state index contributed by atoms with van der Waals surface area (Å²) in [5.41, 5.74) is 1.49. The summed E-state index contributed by atoms with van der Waals surface area (Å²) in [4.78, 5) is 25.4. The summed E-state index contributed by atoms with van der Waals surface area (Å²) in [6.07, 6.45) is 6.14. The van der Waals surface area contributed by atoms with Crippen molar-refractivity contribution in [3.8, 4) is 0 Å². The molecule has 2 aromatic rings. The van der Waals surface area contributed by atoms with Crippen molar-refractivity contribution in [3.63, 3.8) is 0 Å². The molecule has 1 atom stereocenters. The Labute approximate surface area is 121 Å². The lowest BCUT2D eigenvalue weighted by atomic mass is 10.1. The van der Waals surface area contributed by atoms with Crippen molar-refractivity contribution in [2.75, 3.05) is 18.0 Å². The third-order valence-corrected chi connectivity index (χ3v) is 3.75. The Balaban J connectivity index is 1.77. The van der Waals surface area contributed by atoms with Gasteiger partial charge in [0.05, 0.1) is 10.6 Å². The monoisotopic (exact) mass is 285 g/mol. The van der Waals surface area contributed by atoms with Gasteiger partial charge in [-0.25, -0.2) is 4.98 Å². The number of anilines is 1. The Morgan fingerprint density at radius 2 is 2.24 bits per heavy atom. The maximum Gasteiger partial charge on any atom is 0.290 e. The molecule has 1 unspecified atom stereocenters. The molecule has 1 aliphatic heterocycles. The topological polar surface area (TPSA) is 85.0 Å². The Kier molecular flexibility index (Phi) is 3.47. The smallest absolute Gasteiger partial charge is 0.290 e. The number of nitro groups is 1. The van der Waals surface area contributed by atoms with Gasteiger partial charge >= 0.3 is 0 Å². The molecule has 1 saturated heterocycles. The first-order chi connectivity index (χ1) is 10.1. The molecular weight excluding hydrogens is 270 g/mol. The van der Waals surface area contributed by atoms with Crippen LogP contribution in [0.3, 0.4) is 0 Å². The minimum atomic E-state index is -0.404. The number of aryl methyl sites for hydroxylation is 1. The van der Waals surface area contributed by atoms with E-state index < -0.39 is 4.92 Å². The fraction of sp³-hybridized carbons (Fsp3) is 0.357. The lowest BCUT2D eigenvalue weighted by molar-refractivity contribution is -0.385. The first-order valence-electron chi connectivity index (χ1n) is 6.78. The van der Waals surface area contributed by atoms with E-state index in [1.54, 1.807) is 31.6 Å². The average molecular weight is 285 g/mol. The Morgan fingerprint density at radius 3 is 2.90 bits per heavy atom. The minimum absolute atomic E-state index is 0.0587. The molecule has 0 N–H and O–H groups in total. The zero-order valence-electron chi connectivity index (χ0n) is 11.6. The lowest BCUT2D eigenvalue weighted by Crippen LogP contribution is -2.21. The summed E-state index contributed by atoms with van der Waals surface area (Å²) < 4.78 is 0. The van der Waals surface area contributed by atoms with Gasteiger partial charge in [-0.1, -0.05) is 0 Å². The predicted molar refractivity (Wildman–Crippen MR) is 77.2 cm³/mol. The summed E-state index contributed by atoms with van der Waals surface area (Å²) >= 11 is 0. The Bertz CT molecular complexity index is 662. The van der Waals surface area contributed by atoms with Gasteiger partial charge in [0.15, 0.2) is 0 Å². The Hall–Kier alpha value is -2.57. The second-order valence-electron chi connectivity index (χ2n) is 5.09. The molecule has 0 aliphatic carbocycles. The van der Waals surface area contributed by atoms with Gasteiger partial charge in [0, 0.05) is 43.7 Å². The van der Waals surface area contributed by atoms with Crippen molar-refractivity contribution < 1.29 is 4.92 Å². The second-order valence-corrected chi connectivity index (χ2v) is 5.09. The number of nitrogens with zero attached hydrogens (tertiary/aromatic N) is 5. The standard InChI is InChI=1S/C14H15N5O2/c1-10-13(19(20)21)2-3-14(17-10)18-7-4-11(9-18)12-8-15-5-6-16-12/h2-3,5-6,8,11H,4,7,9H2,1H3. The summed E-state index contributed by atoms with van der Waals surface area (Å²) in [5, 5.41) is 10.8. The SMILES string of the molecule is Cc1nc(N2CCC(c3cnccn3)C2)ccc1[N+](=O)[O-]. The molecule has 3 heterocycles. The van der Waals surface area contributed by atoms with Gasteiger partial charge in [0.1, 0.15) is 11.5 Å². The van der Waals surface area contributed by atoms with Crippen LogP contribution in [0, 0.1) is 17.0 Å². The van der Waals surface area contributed by atoms with Crippen molar-refractivity contribution in [3.05, 3.63) is 52.2 Å². The second kappa shape index (κ2) is 5.43. The van der Waals surface area contributed by atoms with Gasteiger partial charge < -0.3 is 4.90 Å². The van der Waals surface area contributed by atoms with Crippen LogP contribution in [0.5, 0.6) is 0 Å². The Morgan fingerprint density at radius 1 is 1.38 bits per heavy atom. The van der Waals surface area contributed by atoms with Crippen LogP contribution >= 0.6 is 0 Å². The van der Waals surface area contributed by atoms with Gasteiger partial charge in [0.25, 0.3) is 5.69 Å². The zero-order valence-corrected chi connectivity index (χ0v) is 11.6. The van der Waals surface area contributed by atoms with Crippen LogP contribution < -0.4 is 4.90 Å². The zero-order chi connectivity index (χ0) is 14.8. The quantitative estimate of drug-likeness (QED) is 0.634. The van der Waals surface area contributed by atoms with Crippen LogP contribution in [0.4, 0.5) is 11.5 Å². The molecule has 2 aromatic heterocycles. The van der Waals surface area contributed by atoms with Crippen molar-refractivity contribution in [2.24, 2.45) is 0 Å². The molecule has 1 aliphatic rings. The first-order valence-corrected chi connectivity index (χ1v) is 6.78. The van der Waals surface area contributed by atoms with Crippen molar-refractivity contribution >= 4 is 11.5 Å². The van der Waals surface area contributed by atoms with E-state index >= 15 is 0 Å². The van der Waals surface area contributed by atoms with E-state index in [4.69, 9.17) is 0 Å². The molecule has 3 rings (SSSR count). The first kappa shape index (κ1) is 13.4. The van der Waals surface area contributed by atoms with E-state index in [9.17, 15) is 10.1 Å². The fourth-order valence-corrected chi connectivity index (χ4v) is 2.64. The molecule has 0 bridgehead atoms. The molecule has 108 valence electrons. The van der Waals surface area contributed by atoms with E-state index in [1.807, 2.05) is 0 Å². The summed E-state index contributed by atoms with van der Waals surface area (Å²) in [7, 11) is 0. The largest absolute Gasteiger partial charge is 0.356 e. The van der Waals surface area contributed by atoms with Crippen molar-refractivity contribution in [2.45, 2.75) is 19.3 Å². The molecule has 0 aromatic carbocycles. The lowest BCUT2D eigenvalue weighted by Gasteiger charge is -2.17. The van der Waals surface area contributed by atoms with Crippen LogP contribution in [-0.2, 0) is 0 Å². The fourth-order valence-electron chi connectivity index (χ4n) is 2.64. The van der Waals surface area contributed by atoms with Gasteiger partial charge in [-0.05, 0) is 19.4 Å². The third kappa shape index (κ3) is 2.67. The number of rotatable bonds is 3. The normalized spacial score (nSPS) is 18.0. The van der Waals surface area contributed by atoms with E-state index in [0.717, 1.165) is 31.0 Å². The maximum absolute atomic E-state index is 10.8. The number of aromatic nitrogens is 3. The summed E-state index contributed by atoms with van der Waals surface area (Å²) in [6, 6.07) is 3.23. The minimum Gasteiger partial charge on any atom is -0.356 e. The van der Waals surface area contributed by atoms with Crippen LogP contribution in [0.1, 0.15) is 23.7 Å². The highest BCUT2D eigenvalue weighted by molar-refractivity contribution is 5.48. The van der Waals surface area contributed by atoms with E-state index in [1.165, 1.54) is 6.07 Å². The number of hydrogen-bond acceptors (Lipinski definition) is 6. The highest BCUT2D eigenvalue weighted by Gasteiger charge is 2.26.